The van der Waals surface area contributed by atoms with Crippen LogP contribution in [0.4, 0.5) is 8.78 Å². The van der Waals surface area contributed by atoms with Crippen LogP contribution in [0, 0.1) is 0 Å². The second-order valence-electron chi connectivity index (χ2n) is 2.61. The largest absolute Gasteiger partial charge is 0.361 e. The van der Waals surface area contributed by atoms with Crippen molar-refractivity contribution >= 4 is 0 Å². The number of hydrogen-bond donors (Lipinski definition) is 0. The number of aromatic nitrogens is 1. The van der Waals surface area contributed by atoms with E-state index in [0.29, 0.717) is 5.76 Å². The maximum absolute atomic E-state index is 11.9. The molecule has 62 valence electrons. The molecule has 1 aromatic rings. The maximum atomic E-state index is 11.9. The molecule has 1 aromatic heterocycles. The van der Waals surface area contributed by atoms with Crippen LogP contribution in [0.5, 0.6) is 0 Å². The molecular weight excluding hydrogens is 152 g/mol. The minimum Gasteiger partial charge on any atom is -0.361 e. The summed E-state index contributed by atoms with van der Waals surface area (Å²) in [5.74, 6) is 0.607. The Balaban J connectivity index is 2.82. The predicted octanol–water partition coefficient (Wildman–Crippen LogP) is 2.74. The lowest BCUT2D eigenvalue weighted by atomic mass is 10.1. The molecular formula is C7H9F2NO. The SMILES string of the molecule is CC(C)c1cc(C(F)F)no1. The highest BCUT2D eigenvalue weighted by Gasteiger charge is 2.14. The first-order valence-electron chi connectivity index (χ1n) is 3.36. The summed E-state index contributed by atoms with van der Waals surface area (Å²) in [5.41, 5.74) is -0.284. The number of hydrogen-bond acceptors (Lipinski definition) is 2. The fourth-order valence-electron chi connectivity index (χ4n) is 0.679. The highest BCUT2D eigenvalue weighted by atomic mass is 19.3. The van der Waals surface area contributed by atoms with Gasteiger partial charge in [0.1, 0.15) is 11.5 Å². The van der Waals surface area contributed by atoms with Crippen LogP contribution in [0.15, 0.2) is 10.6 Å². The van der Waals surface area contributed by atoms with Crippen molar-refractivity contribution in [2.75, 3.05) is 0 Å². The van der Waals surface area contributed by atoms with Crippen molar-refractivity contribution in [2.24, 2.45) is 0 Å². The molecule has 0 aliphatic carbocycles. The van der Waals surface area contributed by atoms with Gasteiger partial charge in [-0.05, 0) is 0 Å². The first kappa shape index (κ1) is 8.17. The lowest BCUT2D eigenvalue weighted by Gasteiger charge is -1.93. The van der Waals surface area contributed by atoms with Gasteiger partial charge in [0.05, 0.1) is 0 Å². The summed E-state index contributed by atoms with van der Waals surface area (Å²) in [4.78, 5) is 0. The van der Waals surface area contributed by atoms with E-state index in [1.54, 1.807) is 0 Å². The Morgan fingerprint density at radius 3 is 2.36 bits per heavy atom. The summed E-state index contributed by atoms with van der Waals surface area (Å²) in [5, 5.41) is 3.21. The molecule has 0 aliphatic heterocycles. The first-order valence-corrected chi connectivity index (χ1v) is 3.36. The fraction of sp³-hybridized carbons (Fsp3) is 0.571. The molecule has 4 heteroatoms. The predicted molar refractivity (Wildman–Crippen MR) is 35.5 cm³/mol. The summed E-state index contributed by atoms with van der Waals surface area (Å²) in [6.45, 7) is 3.71. The first-order chi connectivity index (χ1) is 5.11. The number of rotatable bonds is 2. The van der Waals surface area contributed by atoms with Gasteiger partial charge in [0.25, 0.3) is 6.43 Å². The average Bonchev–Trinajstić information content (AvgIpc) is 2.33. The molecule has 0 radical (unpaired) electrons. The summed E-state index contributed by atoms with van der Waals surface area (Å²) in [7, 11) is 0. The van der Waals surface area contributed by atoms with Crippen LogP contribution < -0.4 is 0 Å². The molecule has 11 heavy (non-hydrogen) atoms. The molecule has 0 aromatic carbocycles. The third kappa shape index (κ3) is 1.76. The number of nitrogens with zero attached hydrogens (tertiary/aromatic N) is 1. The van der Waals surface area contributed by atoms with Crippen LogP contribution in [0.1, 0.15) is 37.6 Å². The van der Waals surface area contributed by atoms with Crippen LogP contribution in [-0.4, -0.2) is 5.16 Å². The normalized spacial score (nSPS) is 11.5. The van der Waals surface area contributed by atoms with Crippen molar-refractivity contribution in [1.82, 2.24) is 5.16 Å². The zero-order chi connectivity index (χ0) is 8.43. The van der Waals surface area contributed by atoms with Gasteiger partial charge in [0.15, 0.2) is 0 Å². The fourth-order valence-corrected chi connectivity index (χ4v) is 0.679. The molecule has 0 saturated carbocycles. The molecule has 0 fully saturated rings. The monoisotopic (exact) mass is 161 g/mol. The van der Waals surface area contributed by atoms with E-state index in [-0.39, 0.29) is 11.6 Å². The van der Waals surface area contributed by atoms with Gasteiger partial charge >= 0.3 is 0 Å². The van der Waals surface area contributed by atoms with Gasteiger partial charge in [0.2, 0.25) is 0 Å². The van der Waals surface area contributed by atoms with Gasteiger partial charge in [0, 0.05) is 12.0 Å². The Bertz CT molecular complexity index is 210. The standard InChI is InChI=1S/C7H9F2NO/c1-4(2)6-3-5(7(8)9)10-11-6/h3-4,7H,1-2H3. The van der Waals surface area contributed by atoms with E-state index < -0.39 is 6.43 Å². The Labute approximate surface area is 63.2 Å². The van der Waals surface area contributed by atoms with Crippen LogP contribution >= 0.6 is 0 Å². The zero-order valence-electron chi connectivity index (χ0n) is 6.34. The third-order valence-electron chi connectivity index (χ3n) is 1.34. The van der Waals surface area contributed by atoms with Gasteiger partial charge in [-0.25, -0.2) is 8.78 Å². The minimum atomic E-state index is -2.54. The maximum Gasteiger partial charge on any atom is 0.283 e. The lowest BCUT2D eigenvalue weighted by molar-refractivity contribution is 0.140. The molecule has 0 saturated heterocycles. The zero-order valence-corrected chi connectivity index (χ0v) is 6.34. The molecule has 0 N–H and O–H groups in total. The van der Waals surface area contributed by atoms with Crippen LogP contribution in [0.25, 0.3) is 0 Å². The second-order valence-corrected chi connectivity index (χ2v) is 2.61. The van der Waals surface area contributed by atoms with E-state index in [4.69, 9.17) is 0 Å². The van der Waals surface area contributed by atoms with E-state index in [1.807, 2.05) is 13.8 Å². The van der Waals surface area contributed by atoms with Crippen molar-refractivity contribution < 1.29 is 13.3 Å². The van der Waals surface area contributed by atoms with Gasteiger partial charge in [-0.1, -0.05) is 19.0 Å². The quantitative estimate of drug-likeness (QED) is 0.666. The lowest BCUT2D eigenvalue weighted by Crippen LogP contribution is -1.82. The Kier molecular flexibility index (Phi) is 2.22. The van der Waals surface area contributed by atoms with Crippen LogP contribution in [0.3, 0.4) is 0 Å². The van der Waals surface area contributed by atoms with Gasteiger partial charge in [-0.15, -0.1) is 0 Å². The average molecular weight is 161 g/mol. The number of alkyl halides is 2. The molecule has 0 amide bonds. The molecule has 1 heterocycles. The highest BCUT2D eigenvalue weighted by Crippen LogP contribution is 2.21. The third-order valence-corrected chi connectivity index (χ3v) is 1.34. The second kappa shape index (κ2) is 2.98. The number of halogens is 2. The Morgan fingerprint density at radius 1 is 1.45 bits per heavy atom. The van der Waals surface area contributed by atoms with Crippen molar-refractivity contribution in [2.45, 2.75) is 26.2 Å². The van der Waals surface area contributed by atoms with E-state index in [0.717, 1.165) is 0 Å². The molecule has 0 aliphatic rings. The van der Waals surface area contributed by atoms with Gasteiger partial charge in [-0.2, -0.15) is 0 Å². The van der Waals surface area contributed by atoms with Crippen molar-refractivity contribution in [3.8, 4) is 0 Å². The van der Waals surface area contributed by atoms with E-state index in [1.165, 1.54) is 6.07 Å². The molecule has 0 unspecified atom stereocenters. The molecule has 1 rings (SSSR count). The Morgan fingerprint density at radius 2 is 2.09 bits per heavy atom. The topological polar surface area (TPSA) is 26.0 Å². The molecule has 0 atom stereocenters. The van der Waals surface area contributed by atoms with Crippen molar-refractivity contribution in [3.63, 3.8) is 0 Å². The van der Waals surface area contributed by atoms with Crippen molar-refractivity contribution in [3.05, 3.63) is 17.5 Å². The van der Waals surface area contributed by atoms with Gasteiger partial charge in [-0.3, -0.25) is 0 Å². The highest BCUT2D eigenvalue weighted by molar-refractivity contribution is 5.09. The van der Waals surface area contributed by atoms with E-state index in [2.05, 4.69) is 9.68 Å². The minimum absolute atomic E-state index is 0.106. The van der Waals surface area contributed by atoms with Crippen molar-refractivity contribution in [1.29, 1.82) is 0 Å². The Hall–Kier alpha value is -0.930. The summed E-state index contributed by atoms with van der Waals surface area (Å²) < 4.78 is 28.5. The summed E-state index contributed by atoms with van der Waals surface area (Å²) in [6, 6.07) is 1.29. The molecule has 0 bridgehead atoms. The summed E-state index contributed by atoms with van der Waals surface area (Å²) >= 11 is 0. The van der Waals surface area contributed by atoms with Gasteiger partial charge < -0.3 is 4.52 Å². The van der Waals surface area contributed by atoms with E-state index >= 15 is 0 Å². The molecule has 0 spiro atoms. The van der Waals surface area contributed by atoms with E-state index in [9.17, 15) is 8.78 Å². The van der Waals surface area contributed by atoms with Crippen LogP contribution in [0.2, 0.25) is 0 Å². The smallest absolute Gasteiger partial charge is 0.283 e. The molecule has 2 nitrogen and oxygen atoms in total. The van der Waals surface area contributed by atoms with Crippen LogP contribution in [-0.2, 0) is 0 Å². The summed E-state index contributed by atoms with van der Waals surface area (Å²) in [6.07, 6.45) is -2.54.